The number of hydrogen-bond donors (Lipinski definition) is 1. The van der Waals surface area contributed by atoms with Crippen molar-refractivity contribution in [1.82, 2.24) is 19.9 Å². The second kappa shape index (κ2) is 10.9. The Morgan fingerprint density at radius 2 is 1.89 bits per heavy atom. The molecule has 194 valence electrons. The number of benzene rings is 1. The number of aliphatic imine (C=N–C) groups is 2. The maximum atomic E-state index is 11.6. The van der Waals surface area contributed by atoms with Crippen molar-refractivity contribution in [2.75, 3.05) is 58.3 Å². The molecule has 0 saturated carbocycles. The molecule has 4 rings (SSSR count). The van der Waals surface area contributed by atoms with E-state index in [1.807, 2.05) is 25.2 Å². The van der Waals surface area contributed by atoms with Crippen LogP contribution in [-0.2, 0) is 10.2 Å². The van der Waals surface area contributed by atoms with Gasteiger partial charge in [0.1, 0.15) is 6.29 Å². The van der Waals surface area contributed by atoms with E-state index in [4.69, 9.17) is 15.2 Å². The van der Waals surface area contributed by atoms with Gasteiger partial charge in [0.25, 0.3) is 0 Å². The Kier molecular flexibility index (Phi) is 7.85. The predicted octanol–water partition coefficient (Wildman–Crippen LogP) is 1.77. The van der Waals surface area contributed by atoms with Crippen molar-refractivity contribution >= 4 is 24.5 Å². The summed E-state index contributed by atoms with van der Waals surface area (Å²) in [5.41, 5.74) is 7.53. The molecule has 10 heteroatoms. The maximum Gasteiger partial charge on any atom is 0.324 e. The summed E-state index contributed by atoms with van der Waals surface area (Å²) in [5, 5.41) is 4.43. The summed E-state index contributed by atoms with van der Waals surface area (Å²) >= 11 is 0. The Labute approximate surface area is 213 Å². The minimum Gasteiger partial charge on any atom is -0.368 e. The van der Waals surface area contributed by atoms with Crippen LogP contribution in [0.2, 0.25) is 0 Å². The zero-order valence-electron chi connectivity index (χ0n) is 22.0. The summed E-state index contributed by atoms with van der Waals surface area (Å²) in [4.78, 5) is 31.2. The molecule has 2 aliphatic heterocycles. The van der Waals surface area contributed by atoms with Crippen molar-refractivity contribution in [3.8, 4) is 0 Å². The first kappa shape index (κ1) is 26.0. The second-order valence-corrected chi connectivity index (χ2v) is 10.5. The summed E-state index contributed by atoms with van der Waals surface area (Å²) < 4.78 is 5.76. The number of likely N-dealkylation sites (N-methyl/N-ethyl adjacent to an activating group) is 1. The minimum atomic E-state index is -0.417. The smallest absolute Gasteiger partial charge is 0.324 e. The predicted molar refractivity (Wildman–Crippen MR) is 142 cm³/mol. The summed E-state index contributed by atoms with van der Waals surface area (Å²) in [5.74, 6) is 1.38. The fourth-order valence-electron chi connectivity index (χ4n) is 4.85. The summed E-state index contributed by atoms with van der Waals surface area (Å²) in [7, 11) is 3.97. The molecular weight excluding hydrogens is 456 g/mol. The highest BCUT2D eigenvalue weighted by Gasteiger charge is 2.38. The van der Waals surface area contributed by atoms with Crippen LogP contribution in [0, 0.1) is 5.92 Å². The largest absolute Gasteiger partial charge is 0.368 e. The van der Waals surface area contributed by atoms with E-state index in [1.54, 1.807) is 0 Å². The third-order valence-electron chi connectivity index (χ3n) is 7.57. The number of guanidine groups is 1. The number of aromatic nitrogens is 2. The normalized spacial score (nSPS) is 21.5. The molecule has 1 saturated heterocycles. The maximum absolute atomic E-state index is 11.6. The highest BCUT2D eigenvalue weighted by atomic mass is 16.5. The van der Waals surface area contributed by atoms with Gasteiger partial charge in [0.05, 0.1) is 18.0 Å². The molecule has 10 nitrogen and oxygen atoms in total. The van der Waals surface area contributed by atoms with Gasteiger partial charge in [-0.2, -0.15) is 4.98 Å². The standard InChI is InChI=1S/C26H38N8O2/c1-18(2)26(3,21-8-6-19(7-9-21)20-14-28-24(27)29-15-20)23-30-25(36-31-23)34-12-10-33(11-13-34)22(17-35)16-32(4)5/h6-9,14,17-18,20,22H,10-13,15-16H2,1-5H3,(H2,27,29). The molecular formula is C26H38N8O2. The first-order valence-corrected chi connectivity index (χ1v) is 12.6. The van der Waals surface area contributed by atoms with Gasteiger partial charge in [0.2, 0.25) is 5.96 Å². The SMILES string of the molecule is CC(C)C(C)(c1ccc(C2C=NC(N)=NC2)cc1)c1noc(N2CCN(C(C=O)CN(C)C)CC2)n1. The number of nitrogens with two attached hydrogens (primary N) is 1. The van der Waals surface area contributed by atoms with E-state index in [-0.39, 0.29) is 17.9 Å². The van der Waals surface area contributed by atoms with Gasteiger partial charge in [-0.3, -0.25) is 9.89 Å². The number of aldehydes is 1. The highest BCUT2D eigenvalue weighted by Crippen LogP contribution is 2.38. The van der Waals surface area contributed by atoms with Crippen LogP contribution in [0.1, 0.15) is 43.6 Å². The number of anilines is 1. The number of rotatable bonds is 9. The molecule has 2 N–H and O–H groups in total. The molecule has 1 aromatic heterocycles. The fraction of sp³-hybridized carbons (Fsp3) is 0.577. The molecule has 0 amide bonds. The van der Waals surface area contributed by atoms with Crippen LogP contribution in [-0.4, -0.2) is 97.8 Å². The van der Waals surface area contributed by atoms with E-state index in [9.17, 15) is 4.79 Å². The Morgan fingerprint density at radius 3 is 2.44 bits per heavy atom. The summed E-state index contributed by atoms with van der Waals surface area (Å²) in [6, 6.07) is 8.98. The fourth-order valence-corrected chi connectivity index (χ4v) is 4.85. The van der Waals surface area contributed by atoms with E-state index in [1.165, 1.54) is 0 Å². The molecule has 36 heavy (non-hydrogen) atoms. The Hall–Kier alpha value is -3.11. The van der Waals surface area contributed by atoms with Gasteiger partial charge in [-0.25, -0.2) is 4.99 Å². The van der Waals surface area contributed by atoms with Crippen molar-refractivity contribution in [3.63, 3.8) is 0 Å². The van der Waals surface area contributed by atoms with Crippen molar-refractivity contribution in [2.24, 2.45) is 21.6 Å². The van der Waals surface area contributed by atoms with Crippen LogP contribution in [0.15, 0.2) is 38.8 Å². The van der Waals surface area contributed by atoms with Gasteiger partial charge in [-0.15, -0.1) is 0 Å². The lowest BCUT2D eigenvalue weighted by atomic mass is 9.72. The van der Waals surface area contributed by atoms with Crippen molar-refractivity contribution in [3.05, 3.63) is 41.2 Å². The van der Waals surface area contributed by atoms with Crippen molar-refractivity contribution in [1.29, 1.82) is 0 Å². The lowest BCUT2D eigenvalue weighted by Gasteiger charge is -2.37. The Morgan fingerprint density at radius 1 is 1.19 bits per heavy atom. The lowest BCUT2D eigenvalue weighted by molar-refractivity contribution is -0.113. The average Bonchev–Trinajstić information content (AvgIpc) is 3.38. The zero-order valence-corrected chi connectivity index (χ0v) is 22.0. The number of carbonyl (C=O) groups excluding carboxylic acids is 1. The van der Waals surface area contributed by atoms with Crippen LogP contribution < -0.4 is 10.6 Å². The van der Waals surface area contributed by atoms with E-state index < -0.39 is 5.41 Å². The molecule has 0 aliphatic carbocycles. The van der Waals surface area contributed by atoms with Gasteiger partial charge in [0.15, 0.2) is 5.82 Å². The molecule has 2 aromatic rings. The lowest BCUT2D eigenvalue weighted by Crippen LogP contribution is -2.53. The molecule has 3 heterocycles. The van der Waals surface area contributed by atoms with Gasteiger partial charge >= 0.3 is 6.01 Å². The van der Waals surface area contributed by atoms with Crippen LogP contribution in [0.4, 0.5) is 6.01 Å². The van der Waals surface area contributed by atoms with Gasteiger partial charge in [0, 0.05) is 44.9 Å². The minimum absolute atomic E-state index is 0.100. The summed E-state index contributed by atoms with van der Waals surface area (Å²) in [6.07, 6.45) is 2.91. The molecule has 2 aliphatic rings. The first-order chi connectivity index (χ1) is 17.2. The van der Waals surface area contributed by atoms with Crippen LogP contribution in [0.5, 0.6) is 0 Å². The Balaban J connectivity index is 1.48. The number of carbonyl (C=O) groups is 1. The highest BCUT2D eigenvalue weighted by molar-refractivity contribution is 5.90. The van der Waals surface area contributed by atoms with E-state index >= 15 is 0 Å². The van der Waals surface area contributed by atoms with Crippen molar-refractivity contribution < 1.29 is 9.32 Å². The molecule has 3 atom stereocenters. The molecule has 0 bridgehead atoms. The molecule has 1 aromatic carbocycles. The van der Waals surface area contributed by atoms with Crippen molar-refractivity contribution in [2.45, 2.75) is 38.1 Å². The second-order valence-electron chi connectivity index (χ2n) is 10.5. The monoisotopic (exact) mass is 494 g/mol. The van der Waals surface area contributed by atoms with Gasteiger partial charge < -0.3 is 24.9 Å². The Bertz CT molecular complexity index is 1090. The quantitative estimate of drug-likeness (QED) is 0.524. The van der Waals surface area contributed by atoms with Gasteiger partial charge in [-0.05, 0) is 38.1 Å². The topological polar surface area (TPSA) is 116 Å². The van der Waals surface area contributed by atoms with E-state index in [2.05, 4.69) is 70.0 Å². The van der Waals surface area contributed by atoms with Crippen LogP contribution >= 0.6 is 0 Å². The van der Waals surface area contributed by atoms with E-state index in [0.717, 1.165) is 43.6 Å². The number of nitrogens with zero attached hydrogens (tertiary/aromatic N) is 7. The number of hydrogen-bond acceptors (Lipinski definition) is 10. The third-order valence-corrected chi connectivity index (χ3v) is 7.57. The molecule has 0 spiro atoms. The van der Waals surface area contributed by atoms with Crippen LogP contribution in [0.25, 0.3) is 0 Å². The molecule has 1 fully saturated rings. The third kappa shape index (κ3) is 5.34. The summed E-state index contributed by atoms with van der Waals surface area (Å²) in [6.45, 7) is 10.9. The van der Waals surface area contributed by atoms with Crippen LogP contribution in [0.3, 0.4) is 0 Å². The number of piperazine rings is 1. The first-order valence-electron chi connectivity index (χ1n) is 12.6. The zero-order chi connectivity index (χ0) is 25.9. The average molecular weight is 495 g/mol. The van der Waals surface area contributed by atoms with E-state index in [0.29, 0.717) is 30.9 Å². The molecule has 3 unspecified atom stereocenters. The van der Waals surface area contributed by atoms with Gasteiger partial charge in [-0.1, -0.05) is 43.3 Å². The molecule has 0 radical (unpaired) electrons.